The highest BCUT2D eigenvalue weighted by Crippen LogP contribution is 2.16. The van der Waals surface area contributed by atoms with Crippen LogP contribution in [-0.2, 0) is 4.74 Å². The second-order valence-corrected chi connectivity index (χ2v) is 4.74. The summed E-state index contributed by atoms with van der Waals surface area (Å²) in [5, 5.41) is 6.32. The molecule has 1 heterocycles. The number of aromatic amines is 1. The fourth-order valence-corrected chi connectivity index (χ4v) is 2.08. The maximum Gasteiger partial charge on any atom is 0.252 e. The second kappa shape index (κ2) is 7.67. The molecule has 22 heavy (non-hydrogen) atoms. The zero-order valence-electron chi connectivity index (χ0n) is 12.2. The summed E-state index contributed by atoms with van der Waals surface area (Å²) >= 11 is 0. The first-order valence-corrected chi connectivity index (χ1v) is 6.92. The Hall–Kier alpha value is -2.25. The average Bonchev–Trinajstić information content (AvgIpc) is 2.49. The molecule has 0 atom stereocenters. The van der Waals surface area contributed by atoms with Crippen LogP contribution in [0, 0.1) is 5.82 Å². The number of fused-ring (bicyclic) bond motifs is 1. The summed E-state index contributed by atoms with van der Waals surface area (Å²) in [7, 11) is 1.62. The van der Waals surface area contributed by atoms with Crippen molar-refractivity contribution >= 4 is 16.8 Å². The zero-order valence-corrected chi connectivity index (χ0v) is 12.2. The van der Waals surface area contributed by atoms with E-state index in [9.17, 15) is 14.0 Å². The maximum absolute atomic E-state index is 13.2. The molecule has 2 rings (SSSR count). The number of rotatable bonds is 7. The van der Waals surface area contributed by atoms with Gasteiger partial charge in [-0.05, 0) is 18.2 Å². The highest BCUT2D eigenvalue weighted by molar-refractivity contribution is 6.05. The monoisotopic (exact) mass is 307 g/mol. The third-order valence-corrected chi connectivity index (χ3v) is 3.12. The summed E-state index contributed by atoms with van der Waals surface area (Å²) in [6, 6.07) is 5.14. The fraction of sp³-hybridized carbons (Fsp3) is 0.333. The Morgan fingerprint density at radius 3 is 2.86 bits per heavy atom. The van der Waals surface area contributed by atoms with Crippen molar-refractivity contribution in [1.29, 1.82) is 0 Å². The number of aromatic nitrogens is 1. The van der Waals surface area contributed by atoms with Crippen molar-refractivity contribution in [2.75, 3.05) is 33.4 Å². The van der Waals surface area contributed by atoms with Gasteiger partial charge < -0.3 is 20.4 Å². The minimum Gasteiger partial charge on any atom is -0.383 e. The first-order valence-electron chi connectivity index (χ1n) is 6.92. The zero-order chi connectivity index (χ0) is 15.9. The molecule has 1 aromatic carbocycles. The van der Waals surface area contributed by atoms with Crippen LogP contribution in [-0.4, -0.2) is 44.2 Å². The van der Waals surface area contributed by atoms with Crippen molar-refractivity contribution in [2.45, 2.75) is 0 Å². The Balaban J connectivity index is 2.06. The van der Waals surface area contributed by atoms with Crippen LogP contribution in [0.25, 0.3) is 10.9 Å². The number of ether oxygens (including phenoxy) is 1. The van der Waals surface area contributed by atoms with Crippen LogP contribution in [0.5, 0.6) is 0 Å². The van der Waals surface area contributed by atoms with Gasteiger partial charge in [0.05, 0.1) is 17.7 Å². The van der Waals surface area contributed by atoms with E-state index in [2.05, 4.69) is 15.6 Å². The van der Waals surface area contributed by atoms with Gasteiger partial charge in [-0.1, -0.05) is 0 Å². The van der Waals surface area contributed by atoms with E-state index in [0.29, 0.717) is 37.1 Å². The van der Waals surface area contributed by atoms with E-state index in [4.69, 9.17) is 4.74 Å². The number of hydrogen-bond donors (Lipinski definition) is 3. The fourth-order valence-electron chi connectivity index (χ4n) is 2.08. The van der Waals surface area contributed by atoms with Crippen LogP contribution >= 0.6 is 0 Å². The summed E-state index contributed by atoms with van der Waals surface area (Å²) in [5.74, 6) is -0.834. The smallest absolute Gasteiger partial charge is 0.252 e. The Bertz CT molecular complexity index is 715. The molecule has 0 bridgehead atoms. The molecular weight excluding hydrogens is 289 g/mol. The number of pyridine rings is 1. The van der Waals surface area contributed by atoms with Gasteiger partial charge in [-0.2, -0.15) is 0 Å². The van der Waals surface area contributed by atoms with E-state index < -0.39 is 11.4 Å². The normalized spacial score (nSPS) is 10.8. The molecule has 118 valence electrons. The maximum atomic E-state index is 13.2. The topological polar surface area (TPSA) is 83.2 Å². The summed E-state index contributed by atoms with van der Waals surface area (Å²) in [6.07, 6.45) is 0. The molecule has 0 unspecified atom stereocenters. The molecule has 0 aliphatic carbocycles. The van der Waals surface area contributed by atoms with Gasteiger partial charge in [0.25, 0.3) is 5.91 Å². The summed E-state index contributed by atoms with van der Waals surface area (Å²) in [5.41, 5.74) is 0.0907. The average molecular weight is 307 g/mol. The summed E-state index contributed by atoms with van der Waals surface area (Å²) in [6.45, 7) is 2.29. The van der Waals surface area contributed by atoms with Crippen LogP contribution in [0.15, 0.2) is 29.1 Å². The van der Waals surface area contributed by atoms with Gasteiger partial charge in [0.15, 0.2) is 0 Å². The molecule has 6 nitrogen and oxygen atoms in total. The highest BCUT2D eigenvalue weighted by Gasteiger charge is 2.11. The molecule has 1 aromatic heterocycles. The van der Waals surface area contributed by atoms with Gasteiger partial charge in [-0.25, -0.2) is 4.39 Å². The predicted molar refractivity (Wildman–Crippen MR) is 81.6 cm³/mol. The molecule has 0 aliphatic heterocycles. The number of amides is 1. The first kappa shape index (κ1) is 16.1. The lowest BCUT2D eigenvalue weighted by Gasteiger charge is -2.08. The van der Waals surface area contributed by atoms with Gasteiger partial charge in [0.2, 0.25) is 5.56 Å². The van der Waals surface area contributed by atoms with Crippen molar-refractivity contribution in [3.8, 4) is 0 Å². The summed E-state index contributed by atoms with van der Waals surface area (Å²) in [4.78, 5) is 26.3. The van der Waals surface area contributed by atoms with Crippen molar-refractivity contribution in [1.82, 2.24) is 15.6 Å². The van der Waals surface area contributed by atoms with E-state index in [1.807, 2.05) is 0 Å². The van der Waals surface area contributed by atoms with E-state index in [1.165, 1.54) is 24.3 Å². The van der Waals surface area contributed by atoms with E-state index in [-0.39, 0.29) is 11.5 Å². The van der Waals surface area contributed by atoms with Gasteiger partial charge in [-0.3, -0.25) is 9.59 Å². The molecule has 0 fully saturated rings. The SMILES string of the molecule is COCCNCCNC(=O)c1cc(=O)[nH]c2cc(F)ccc12. The van der Waals surface area contributed by atoms with Crippen LogP contribution in [0.3, 0.4) is 0 Å². The van der Waals surface area contributed by atoms with E-state index in [1.54, 1.807) is 7.11 Å². The van der Waals surface area contributed by atoms with Gasteiger partial charge in [0.1, 0.15) is 5.82 Å². The molecule has 7 heteroatoms. The van der Waals surface area contributed by atoms with E-state index in [0.717, 1.165) is 0 Å². The number of hydrogen-bond acceptors (Lipinski definition) is 4. The van der Waals surface area contributed by atoms with Crippen LogP contribution < -0.4 is 16.2 Å². The van der Waals surface area contributed by atoms with Crippen molar-refractivity contribution in [2.24, 2.45) is 0 Å². The number of carbonyl (C=O) groups is 1. The standard InChI is InChI=1S/C15H18FN3O3/c1-22-7-6-17-4-5-18-15(21)12-9-14(20)19-13-8-10(16)2-3-11(12)13/h2-3,8-9,17H,4-7H2,1H3,(H,18,21)(H,19,20). The minimum absolute atomic E-state index is 0.232. The largest absolute Gasteiger partial charge is 0.383 e. The molecular formula is C15H18FN3O3. The van der Waals surface area contributed by atoms with Crippen LogP contribution in [0.4, 0.5) is 4.39 Å². The Labute approximate surface area is 126 Å². The minimum atomic E-state index is -0.469. The molecule has 0 radical (unpaired) electrons. The quantitative estimate of drug-likeness (QED) is 0.655. The Morgan fingerprint density at radius 1 is 1.27 bits per heavy atom. The van der Waals surface area contributed by atoms with Gasteiger partial charge >= 0.3 is 0 Å². The molecule has 0 saturated heterocycles. The Kier molecular flexibility index (Phi) is 5.62. The molecule has 3 N–H and O–H groups in total. The third kappa shape index (κ3) is 4.12. The Morgan fingerprint density at radius 2 is 2.09 bits per heavy atom. The molecule has 0 aliphatic rings. The van der Waals surface area contributed by atoms with Gasteiger partial charge in [0, 0.05) is 38.2 Å². The van der Waals surface area contributed by atoms with Crippen molar-refractivity contribution < 1.29 is 13.9 Å². The molecule has 2 aromatic rings. The lowest BCUT2D eigenvalue weighted by molar-refractivity contribution is 0.0955. The molecule has 1 amide bonds. The van der Waals surface area contributed by atoms with Crippen LogP contribution in [0.1, 0.15) is 10.4 Å². The highest BCUT2D eigenvalue weighted by atomic mass is 19.1. The number of methoxy groups -OCH3 is 1. The van der Waals surface area contributed by atoms with Crippen molar-refractivity contribution in [3.05, 3.63) is 46.0 Å². The number of nitrogens with one attached hydrogen (secondary N) is 3. The van der Waals surface area contributed by atoms with E-state index >= 15 is 0 Å². The first-order chi connectivity index (χ1) is 10.6. The number of halogens is 1. The van der Waals surface area contributed by atoms with Gasteiger partial charge in [-0.15, -0.1) is 0 Å². The number of benzene rings is 1. The molecule has 0 spiro atoms. The third-order valence-electron chi connectivity index (χ3n) is 3.12. The number of H-pyrrole nitrogens is 1. The lowest BCUT2D eigenvalue weighted by atomic mass is 10.1. The lowest BCUT2D eigenvalue weighted by Crippen LogP contribution is -2.33. The van der Waals surface area contributed by atoms with Crippen LogP contribution in [0.2, 0.25) is 0 Å². The second-order valence-electron chi connectivity index (χ2n) is 4.74. The van der Waals surface area contributed by atoms with Crippen molar-refractivity contribution in [3.63, 3.8) is 0 Å². The summed E-state index contributed by atoms with van der Waals surface area (Å²) < 4.78 is 18.1. The number of carbonyl (C=O) groups excluding carboxylic acids is 1. The predicted octanol–water partition coefficient (Wildman–Crippen LogP) is 0.633. The molecule has 0 saturated carbocycles.